The fourth-order valence-electron chi connectivity index (χ4n) is 3.54. The van der Waals surface area contributed by atoms with Crippen LogP contribution in [0.4, 0.5) is 4.79 Å². The average Bonchev–Trinajstić information content (AvgIpc) is 2.73. The second-order valence-electron chi connectivity index (χ2n) is 10.1. The first-order chi connectivity index (χ1) is 16.7. The Kier molecular flexibility index (Phi) is 11.7. The molecule has 1 aromatic carbocycles. The van der Waals surface area contributed by atoms with Crippen LogP contribution in [0.25, 0.3) is 0 Å². The summed E-state index contributed by atoms with van der Waals surface area (Å²) in [5.41, 5.74) is -0.375. The Bertz CT molecular complexity index is 909. The number of carbonyl (C=O) groups is 4. The summed E-state index contributed by atoms with van der Waals surface area (Å²) in [5, 5.41) is 15.4. The van der Waals surface area contributed by atoms with E-state index in [0.29, 0.717) is 5.56 Å². The number of hydrogen-bond donors (Lipinski definition) is 3. The number of hydrogen-bond acceptors (Lipinski definition) is 7. The number of phenolic OH excluding ortho intramolecular Hbond substituents is 1. The van der Waals surface area contributed by atoms with Crippen LogP contribution in [0.2, 0.25) is 0 Å². The number of esters is 1. The third-order valence-electron chi connectivity index (χ3n) is 5.06. The molecule has 0 heterocycles. The molecule has 0 fully saturated rings. The van der Waals surface area contributed by atoms with Gasteiger partial charge >= 0.3 is 12.1 Å². The normalized spacial score (nSPS) is 13.1. The summed E-state index contributed by atoms with van der Waals surface area (Å²) in [4.78, 5) is 52.8. The van der Waals surface area contributed by atoms with E-state index in [2.05, 4.69) is 10.6 Å². The highest BCUT2D eigenvalue weighted by atomic mass is 16.6. The number of benzene rings is 1. The van der Waals surface area contributed by atoms with Crippen molar-refractivity contribution in [3.8, 4) is 5.75 Å². The zero-order valence-corrected chi connectivity index (χ0v) is 22.6. The summed E-state index contributed by atoms with van der Waals surface area (Å²) >= 11 is 0. The average molecular weight is 508 g/mol. The Labute approximate surface area is 213 Å². The van der Waals surface area contributed by atoms with Gasteiger partial charge in [0.25, 0.3) is 0 Å². The monoisotopic (exact) mass is 507 g/mol. The number of nitrogens with one attached hydrogen (secondary N) is 2. The minimum Gasteiger partial charge on any atom is -0.508 e. The number of phenols is 1. The first-order valence-corrected chi connectivity index (χ1v) is 12.2. The highest BCUT2D eigenvalue weighted by Gasteiger charge is 2.39. The van der Waals surface area contributed by atoms with E-state index in [1.54, 1.807) is 67.5 Å². The van der Waals surface area contributed by atoms with Gasteiger partial charge in [-0.15, -0.1) is 0 Å². The second kappa shape index (κ2) is 13.7. The first kappa shape index (κ1) is 30.7. The van der Waals surface area contributed by atoms with Gasteiger partial charge in [0, 0.05) is 12.6 Å². The van der Waals surface area contributed by atoms with E-state index >= 15 is 0 Å². The maximum Gasteiger partial charge on any atom is 0.408 e. The molecule has 0 saturated carbocycles. The zero-order chi connectivity index (χ0) is 27.6. The fourth-order valence-corrected chi connectivity index (χ4v) is 3.54. The van der Waals surface area contributed by atoms with Crippen LogP contribution in [0.1, 0.15) is 73.4 Å². The lowest BCUT2D eigenvalue weighted by Gasteiger charge is -2.38. The summed E-state index contributed by atoms with van der Waals surface area (Å²) in [5.74, 6) is -1.86. The maximum absolute atomic E-state index is 13.8. The van der Waals surface area contributed by atoms with Crippen molar-refractivity contribution < 1.29 is 33.8 Å². The van der Waals surface area contributed by atoms with E-state index in [4.69, 9.17) is 9.47 Å². The molecule has 10 heteroatoms. The highest BCUT2D eigenvalue weighted by molar-refractivity contribution is 5.92. The van der Waals surface area contributed by atoms with E-state index in [-0.39, 0.29) is 31.2 Å². The van der Waals surface area contributed by atoms with E-state index in [1.807, 2.05) is 0 Å². The highest BCUT2D eigenvalue weighted by Crippen LogP contribution is 2.28. The van der Waals surface area contributed by atoms with Crippen LogP contribution < -0.4 is 10.6 Å². The van der Waals surface area contributed by atoms with Crippen LogP contribution in [-0.2, 0) is 23.9 Å². The van der Waals surface area contributed by atoms with Gasteiger partial charge in [0.2, 0.25) is 11.8 Å². The molecule has 2 atom stereocenters. The van der Waals surface area contributed by atoms with E-state index in [0.717, 1.165) is 0 Å². The lowest BCUT2D eigenvalue weighted by molar-refractivity contribution is -0.146. The SMILES string of the molecule is CCOC(=O)CCNC(=O)C(c1cccc(O)c1)N(C(=O)C(NC(=O)OC(C)(C)C)C(C)C)C(C)C. The Morgan fingerprint density at radius 2 is 1.72 bits per heavy atom. The van der Waals surface area contributed by atoms with Crippen LogP contribution in [0.5, 0.6) is 5.75 Å². The molecular weight excluding hydrogens is 466 g/mol. The minimum atomic E-state index is -1.13. The Morgan fingerprint density at radius 3 is 2.22 bits per heavy atom. The lowest BCUT2D eigenvalue weighted by Crippen LogP contribution is -2.56. The van der Waals surface area contributed by atoms with Gasteiger partial charge in [-0.05, 0) is 65.2 Å². The molecule has 0 spiro atoms. The predicted octanol–water partition coefficient (Wildman–Crippen LogP) is 3.29. The molecule has 0 radical (unpaired) electrons. The Morgan fingerprint density at radius 1 is 1.08 bits per heavy atom. The third-order valence-corrected chi connectivity index (χ3v) is 5.06. The Hall–Kier alpha value is -3.30. The lowest BCUT2D eigenvalue weighted by atomic mass is 9.97. The number of amides is 3. The fraction of sp³-hybridized carbons (Fsp3) is 0.615. The summed E-state index contributed by atoms with van der Waals surface area (Å²) in [7, 11) is 0. The molecule has 3 amide bonds. The molecule has 10 nitrogen and oxygen atoms in total. The maximum atomic E-state index is 13.8. The molecule has 0 bridgehead atoms. The van der Waals surface area contributed by atoms with Gasteiger partial charge in [-0.1, -0.05) is 26.0 Å². The predicted molar refractivity (Wildman–Crippen MR) is 135 cm³/mol. The Balaban J connectivity index is 3.34. The van der Waals surface area contributed by atoms with Crippen LogP contribution >= 0.6 is 0 Å². The molecule has 202 valence electrons. The molecule has 0 aliphatic heterocycles. The largest absolute Gasteiger partial charge is 0.508 e. The number of rotatable bonds is 11. The number of aromatic hydroxyl groups is 1. The number of nitrogens with zero attached hydrogens (tertiary/aromatic N) is 1. The van der Waals surface area contributed by atoms with Crippen molar-refractivity contribution in [2.75, 3.05) is 13.2 Å². The van der Waals surface area contributed by atoms with E-state index < -0.39 is 47.6 Å². The standard InChI is InChI=1S/C26H41N3O7/c1-9-35-20(31)13-14-27-23(32)22(18-11-10-12-19(30)15-18)29(17(4)5)24(33)21(16(2)3)28-25(34)36-26(6,7)8/h10-12,15-17,21-22,30H,9,13-14H2,1-8H3,(H,27,32)(H,28,34). The third kappa shape index (κ3) is 9.75. The summed E-state index contributed by atoms with van der Waals surface area (Å²) in [6.45, 7) is 14.2. The molecular formula is C26H41N3O7. The molecule has 3 N–H and O–H groups in total. The van der Waals surface area contributed by atoms with Crippen LogP contribution in [-0.4, -0.2) is 64.7 Å². The van der Waals surface area contributed by atoms with Gasteiger partial charge in [-0.2, -0.15) is 0 Å². The van der Waals surface area contributed by atoms with Crippen molar-refractivity contribution >= 4 is 23.9 Å². The smallest absolute Gasteiger partial charge is 0.408 e. The topological polar surface area (TPSA) is 134 Å². The van der Waals surface area contributed by atoms with Crippen molar-refractivity contribution in [2.45, 2.75) is 85.5 Å². The molecule has 0 aliphatic rings. The van der Waals surface area contributed by atoms with E-state index in [9.17, 15) is 24.3 Å². The van der Waals surface area contributed by atoms with Crippen LogP contribution in [0.15, 0.2) is 24.3 Å². The van der Waals surface area contributed by atoms with Crippen molar-refractivity contribution in [2.24, 2.45) is 5.92 Å². The van der Waals surface area contributed by atoms with Crippen molar-refractivity contribution in [1.82, 2.24) is 15.5 Å². The van der Waals surface area contributed by atoms with Gasteiger partial charge in [-0.25, -0.2) is 4.79 Å². The quantitative estimate of drug-likeness (QED) is 0.391. The minimum absolute atomic E-state index is 0.0108. The van der Waals surface area contributed by atoms with E-state index in [1.165, 1.54) is 17.0 Å². The summed E-state index contributed by atoms with van der Waals surface area (Å²) in [6.07, 6.45) is -0.775. The second-order valence-corrected chi connectivity index (χ2v) is 10.1. The van der Waals surface area contributed by atoms with Gasteiger partial charge in [0.15, 0.2) is 0 Å². The van der Waals surface area contributed by atoms with Crippen molar-refractivity contribution in [1.29, 1.82) is 0 Å². The number of ether oxygens (including phenoxy) is 2. The van der Waals surface area contributed by atoms with Gasteiger partial charge < -0.3 is 30.1 Å². The number of carbonyl (C=O) groups excluding carboxylic acids is 4. The molecule has 0 aromatic heterocycles. The molecule has 1 aromatic rings. The summed E-state index contributed by atoms with van der Waals surface area (Å²) < 4.78 is 10.2. The molecule has 36 heavy (non-hydrogen) atoms. The number of alkyl carbamates (subject to hydrolysis) is 1. The van der Waals surface area contributed by atoms with Crippen molar-refractivity contribution in [3.63, 3.8) is 0 Å². The molecule has 2 unspecified atom stereocenters. The van der Waals surface area contributed by atoms with Crippen molar-refractivity contribution in [3.05, 3.63) is 29.8 Å². The van der Waals surface area contributed by atoms with Gasteiger partial charge in [-0.3, -0.25) is 14.4 Å². The molecule has 0 saturated heterocycles. The zero-order valence-electron chi connectivity index (χ0n) is 22.6. The van der Waals surface area contributed by atoms with Gasteiger partial charge in [0.1, 0.15) is 23.4 Å². The molecule has 0 aliphatic carbocycles. The van der Waals surface area contributed by atoms with Gasteiger partial charge in [0.05, 0.1) is 13.0 Å². The van der Waals surface area contributed by atoms with Crippen LogP contribution in [0, 0.1) is 5.92 Å². The first-order valence-electron chi connectivity index (χ1n) is 12.2. The summed E-state index contributed by atoms with van der Waals surface area (Å²) in [6, 6.07) is 3.51. The molecule has 1 rings (SSSR count). The van der Waals surface area contributed by atoms with Crippen LogP contribution in [0.3, 0.4) is 0 Å².